The van der Waals surface area contributed by atoms with E-state index in [0.717, 1.165) is 12.8 Å². The van der Waals surface area contributed by atoms with Crippen molar-refractivity contribution in [2.45, 2.75) is 32.2 Å². The van der Waals surface area contributed by atoms with Gasteiger partial charge in [-0.25, -0.2) is 0 Å². The van der Waals surface area contributed by atoms with Crippen LogP contribution in [0.4, 0.5) is 11.4 Å². The molecule has 0 radical (unpaired) electrons. The van der Waals surface area contributed by atoms with Crippen molar-refractivity contribution in [2.24, 2.45) is 0 Å². The third-order valence-electron chi connectivity index (χ3n) is 6.53. The van der Waals surface area contributed by atoms with Gasteiger partial charge in [-0.3, -0.25) is 0 Å². The lowest BCUT2D eigenvalue weighted by molar-refractivity contribution is 0.554. The number of benzene rings is 3. The van der Waals surface area contributed by atoms with Gasteiger partial charge in [0.15, 0.2) is 0 Å². The fourth-order valence-electron chi connectivity index (χ4n) is 5.19. The molecule has 0 N–H and O–H groups in total. The van der Waals surface area contributed by atoms with E-state index in [2.05, 4.69) is 122 Å². The maximum absolute atomic E-state index is 2.53. The molecule has 0 aromatic heterocycles. The van der Waals surface area contributed by atoms with Gasteiger partial charge in [0.1, 0.15) is 0 Å². The van der Waals surface area contributed by atoms with Gasteiger partial charge in [-0.1, -0.05) is 86.7 Å². The summed E-state index contributed by atoms with van der Waals surface area (Å²) in [5.41, 5.74) is 6.51. The van der Waals surface area contributed by atoms with Gasteiger partial charge in [0.25, 0.3) is 0 Å². The van der Waals surface area contributed by atoms with Crippen LogP contribution in [-0.2, 0) is 0 Å². The molecule has 30 heavy (non-hydrogen) atoms. The predicted octanol–water partition coefficient (Wildman–Crippen LogP) is 5.89. The Kier molecular flexibility index (Phi) is 4.67. The highest BCUT2D eigenvalue weighted by Gasteiger charge is 2.41. The molecule has 1 heteroatoms. The van der Waals surface area contributed by atoms with Crippen molar-refractivity contribution in [3.63, 3.8) is 0 Å². The molecule has 3 aromatic rings. The molecule has 148 valence electrons. The standard InChI is InChI=1S/C29H27N/c1-3-28-27-21-22-13-11-12-18-25(22)26(27)19-20-29(28,4-2)30(23-14-7-5-8-15-23)24-16-9-6-10-17-24/h5-21H,3-4H2,1-2H3. The molecule has 5 rings (SSSR count). The largest absolute Gasteiger partial charge is 0.328 e. The maximum atomic E-state index is 2.53. The lowest BCUT2D eigenvalue weighted by Gasteiger charge is -2.47. The lowest BCUT2D eigenvalue weighted by Crippen LogP contribution is -2.47. The van der Waals surface area contributed by atoms with E-state index in [1.165, 1.54) is 38.5 Å². The summed E-state index contributed by atoms with van der Waals surface area (Å²) in [6, 6.07) is 30.4. The summed E-state index contributed by atoms with van der Waals surface area (Å²) < 4.78 is 0. The van der Waals surface area contributed by atoms with Crippen LogP contribution < -0.4 is 15.3 Å². The fourth-order valence-corrected chi connectivity index (χ4v) is 5.19. The van der Waals surface area contributed by atoms with Gasteiger partial charge in [-0.15, -0.1) is 0 Å². The molecule has 1 nitrogen and oxygen atoms in total. The van der Waals surface area contributed by atoms with Crippen molar-refractivity contribution < 1.29 is 0 Å². The van der Waals surface area contributed by atoms with E-state index in [1.54, 1.807) is 0 Å². The zero-order chi connectivity index (χ0) is 20.6. The van der Waals surface area contributed by atoms with E-state index >= 15 is 0 Å². The first-order valence-corrected chi connectivity index (χ1v) is 10.9. The molecular weight excluding hydrogens is 362 g/mol. The van der Waals surface area contributed by atoms with Gasteiger partial charge in [-0.05, 0) is 70.3 Å². The third kappa shape index (κ3) is 2.77. The van der Waals surface area contributed by atoms with E-state index in [0.29, 0.717) is 0 Å². The highest BCUT2D eigenvalue weighted by atomic mass is 15.2. The molecule has 0 fully saturated rings. The highest BCUT2D eigenvalue weighted by Crippen LogP contribution is 2.46. The monoisotopic (exact) mass is 389 g/mol. The molecule has 0 amide bonds. The first kappa shape index (κ1) is 18.7. The van der Waals surface area contributed by atoms with Gasteiger partial charge in [-0.2, -0.15) is 0 Å². The number of para-hydroxylation sites is 2. The molecule has 0 aliphatic heterocycles. The van der Waals surface area contributed by atoms with Crippen LogP contribution in [0.2, 0.25) is 0 Å². The van der Waals surface area contributed by atoms with E-state index < -0.39 is 0 Å². The van der Waals surface area contributed by atoms with Crippen LogP contribution in [0, 0.1) is 0 Å². The topological polar surface area (TPSA) is 3.24 Å². The summed E-state index contributed by atoms with van der Waals surface area (Å²) in [6.07, 6.45) is 9.21. The predicted molar refractivity (Wildman–Crippen MR) is 128 cm³/mol. The number of fused-ring (bicyclic) bond motifs is 2. The van der Waals surface area contributed by atoms with Crippen LogP contribution in [0.1, 0.15) is 26.7 Å². The molecule has 0 saturated carbocycles. The number of nitrogens with zero attached hydrogens (tertiary/aromatic N) is 1. The van der Waals surface area contributed by atoms with Crippen LogP contribution in [-0.4, -0.2) is 5.54 Å². The lowest BCUT2D eigenvalue weighted by atomic mass is 9.74. The quantitative estimate of drug-likeness (QED) is 0.525. The summed E-state index contributed by atoms with van der Waals surface area (Å²) in [5, 5.41) is 2.68. The average molecular weight is 390 g/mol. The number of rotatable bonds is 5. The Hall–Kier alpha value is -3.32. The normalized spacial score (nSPS) is 19.3. The molecule has 0 spiro atoms. The Balaban J connectivity index is 1.80. The van der Waals surface area contributed by atoms with E-state index in [9.17, 15) is 0 Å². The molecule has 0 saturated heterocycles. The second-order valence-corrected chi connectivity index (χ2v) is 8.01. The molecule has 0 heterocycles. The first-order chi connectivity index (χ1) is 14.8. The van der Waals surface area contributed by atoms with Crippen molar-refractivity contribution in [1.29, 1.82) is 0 Å². The van der Waals surface area contributed by atoms with Crippen molar-refractivity contribution in [3.05, 3.63) is 119 Å². The molecule has 0 bridgehead atoms. The van der Waals surface area contributed by atoms with Crippen molar-refractivity contribution in [1.82, 2.24) is 0 Å². The van der Waals surface area contributed by atoms with Crippen molar-refractivity contribution in [3.8, 4) is 0 Å². The Labute approximate surface area is 179 Å². The Morgan fingerprint density at radius 1 is 0.700 bits per heavy atom. The zero-order valence-electron chi connectivity index (χ0n) is 17.7. The summed E-state index contributed by atoms with van der Waals surface area (Å²) in [7, 11) is 0. The van der Waals surface area contributed by atoms with Gasteiger partial charge in [0, 0.05) is 11.4 Å². The van der Waals surface area contributed by atoms with Crippen LogP contribution >= 0.6 is 0 Å². The zero-order valence-corrected chi connectivity index (χ0v) is 17.7. The number of hydrogen-bond acceptors (Lipinski definition) is 1. The Bertz CT molecular complexity index is 1210. The fraction of sp³-hybridized carbons (Fsp3) is 0.172. The van der Waals surface area contributed by atoms with Gasteiger partial charge in [0.2, 0.25) is 0 Å². The van der Waals surface area contributed by atoms with Gasteiger partial charge in [0.05, 0.1) is 5.54 Å². The molecule has 3 aromatic carbocycles. The summed E-state index contributed by atoms with van der Waals surface area (Å²) in [4.78, 5) is 2.53. The number of hydrogen-bond donors (Lipinski definition) is 0. The number of anilines is 2. The van der Waals surface area contributed by atoms with Gasteiger partial charge < -0.3 is 4.90 Å². The second-order valence-electron chi connectivity index (χ2n) is 8.01. The summed E-state index contributed by atoms with van der Waals surface area (Å²) >= 11 is 0. The van der Waals surface area contributed by atoms with Gasteiger partial charge >= 0.3 is 0 Å². The summed E-state index contributed by atoms with van der Waals surface area (Å²) in [5.74, 6) is 0. The smallest absolute Gasteiger partial charge is 0.0855 e. The average Bonchev–Trinajstić information content (AvgIpc) is 3.19. The highest BCUT2D eigenvalue weighted by molar-refractivity contribution is 5.92. The molecule has 2 aliphatic rings. The minimum absolute atomic E-state index is 0.200. The second kappa shape index (κ2) is 7.50. The maximum Gasteiger partial charge on any atom is 0.0855 e. The molecule has 1 atom stereocenters. The first-order valence-electron chi connectivity index (χ1n) is 10.9. The van der Waals surface area contributed by atoms with E-state index in [1.807, 2.05) is 0 Å². The van der Waals surface area contributed by atoms with Crippen LogP contribution in [0.5, 0.6) is 0 Å². The van der Waals surface area contributed by atoms with Crippen LogP contribution in [0.25, 0.3) is 11.6 Å². The van der Waals surface area contributed by atoms with E-state index in [-0.39, 0.29) is 5.54 Å². The minimum Gasteiger partial charge on any atom is -0.328 e. The Morgan fingerprint density at radius 3 is 1.90 bits per heavy atom. The van der Waals surface area contributed by atoms with Crippen molar-refractivity contribution in [2.75, 3.05) is 4.90 Å². The summed E-state index contributed by atoms with van der Waals surface area (Å²) in [6.45, 7) is 4.61. The van der Waals surface area contributed by atoms with Crippen LogP contribution in [0.3, 0.4) is 0 Å². The minimum atomic E-state index is -0.200. The molecule has 2 aliphatic carbocycles. The molecular formula is C29H27N. The SMILES string of the molecule is CCC1=C2C=c3ccccc3=C2C=CC1(CC)N(c1ccccc1)c1ccccc1. The van der Waals surface area contributed by atoms with E-state index in [4.69, 9.17) is 0 Å². The number of allylic oxidation sites excluding steroid dienone is 2. The third-order valence-corrected chi connectivity index (χ3v) is 6.53. The van der Waals surface area contributed by atoms with Crippen molar-refractivity contribution >= 4 is 23.0 Å². The Morgan fingerprint density at radius 2 is 1.30 bits per heavy atom. The van der Waals surface area contributed by atoms with Crippen LogP contribution in [0.15, 0.2) is 108 Å². The molecule has 1 unspecified atom stereocenters.